The lowest BCUT2D eigenvalue weighted by Gasteiger charge is -2.04. The molecule has 2 aromatic carbocycles. The number of carbonyl (C=O) groups excluding carboxylic acids is 1. The molecule has 0 aliphatic rings. The fourth-order valence-electron chi connectivity index (χ4n) is 2.02. The first kappa shape index (κ1) is 16.9. The van der Waals surface area contributed by atoms with Crippen molar-refractivity contribution in [2.24, 2.45) is 5.10 Å². The van der Waals surface area contributed by atoms with E-state index < -0.39 is 10.8 Å². The van der Waals surface area contributed by atoms with Crippen molar-refractivity contribution in [2.45, 2.75) is 6.42 Å². The van der Waals surface area contributed by atoms with Crippen molar-refractivity contribution in [1.29, 1.82) is 0 Å². The molecule has 0 heterocycles. The van der Waals surface area contributed by atoms with Gasteiger partial charge in [0.05, 0.1) is 11.1 Å². The summed E-state index contributed by atoms with van der Waals surface area (Å²) in [6.45, 7) is 3.62. The quantitative estimate of drug-likeness (QED) is 0.369. The minimum Gasteiger partial charge on any atom is -0.507 e. The van der Waals surface area contributed by atoms with Crippen LogP contribution in [-0.4, -0.2) is 22.2 Å². The lowest BCUT2D eigenvalue weighted by Crippen LogP contribution is -2.17. The molecule has 0 saturated carbocycles. The van der Waals surface area contributed by atoms with Gasteiger partial charge in [0.25, 0.3) is 11.6 Å². The number of nitro groups is 1. The van der Waals surface area contributed by atoms with E-state index in [4.69, 9.17) is 0 Å². The molecule has 2 rings (SSSR count). The predicted molar refractivity (Wildman–Crippen MR) is 90.2 cm³/mol. The van der Waals surface area contributed by atoms with Gasteiger partial charge in [-0.25, -0.2) is 5.43 Å². The van der Waals surface area contributed by atoms with Crippen molar-refractivity contribution in [3.63, 3.8) is 0 Å². The highest BCUT2D eigenvalue weighted by molar-refractivity contribution is 5.95. The molecule has 2 aromatic rings. The SMILES string of the molecule is C=CCc1cccc(/C=N\NC(=O)c2cccc([N+](=O)[O-])c2)c1O. The van der Waals surface area contributed by atoms with E-state index in [-0.39, 0.29) is 17.0 Å². The van der Waals surface area contributed by atoms with Crippen LogP contribution >= 0.6 is 0 Å². The van der Waals surface area contributed by atoms with E-state index in [1.54, 1.807) is 24.3 Å². The molecule has 0 aliphatic carbocycles. The highest BCUT2D eigenvalue weighted by Crippen LogP contribution is 2.21. The molecule has 0 bridgehead atoms. The van der Waals surface area contributed by atoms with E-state index in [9.17, 15) is 20.0 Å². The van der Waals surface area contributed by atoms with Crippen LogP contribution in [0.1, 0.15) is 21.5 Å². The van der Waals surface area contributed by atoms with Crippen LogP contribution in [0.4, 0.5) is 5.69 Å². The number of hydrogen-bond donors (Lipinski definition) is 2. The molecule has 2 N–H and O–H groups in total. The van der Waals surface area contributed by atoms with Crippen LogP contribution in [0, 0.1) is 10.1 Å². The Labute approximate surface area is 138 Å². The molecule has 0 radical (unpaired) electrons. The van der Waals surface area contributed by atoms with Crippen molar-refractivity contribution in [3.8, 4) is 5.75 Å². The van der Waals surface area contributed by atoms with Gasteiger partial charge in [-0.05, 0) is 24.1 Å². The van der Waals surface area contributed by atoms with Gasteiger partial charge in [-0.15, -0.1) is 6.58 Å². The molecule has 7 heteroatoms. The Morgan fingerprint density at radius 2 is 2.08 bits per heavy atom. The minimum absolute atomic E-state index is 0.0609. The van der Waals surface area contributed by atoms with E-state index in [1.165, 1.54) is 24.4 Å². The summed E-state index contributed by atoms with van der Waals surface area (Å²) in [4.78, 5) is 22.1. The molecule has 7 nitrogen and oxygen atoms in total. The summed E-state index contributed by atoms with van der Waals surface area (Å²) in [6.07, 6.45) is 3.48. The van der Waals surface area contributed by atoms with Gasteiger partial charge >= 0.3 is 0 Å². The Morgan fingerprint density at radius 3 is 2.79 bits per heavy atom. The number of rotatable bonds is 6. The summed E-state index contributed by atoms with van der Waals surface area (Å²) in [6, 6.07) is 10.5. The number of amides is 1. The molecule has 24 heavy (non-hydrogen) atoms. The first-order chi connectivity index (χ1) is 11.5. The molecule has 0 spiro atoms. The van der Waals surface area contributed by atoms with E-state index in [2.05, 4.69) is 17.1 Å². The maximum atomic E-state index is 11.9. The average molecular weight is 325 g/mol. The summed E-state index contributed by atoms with van der Waals surface area (Å²) < 4.78 is 0. The number of aromatic hydroxyl groups is 1. The van der Waals surface area contributed by atoms with Crippen molar-refractivity contribution < 1.29 is 14.8 Å². The van der Waals surface area contributed by atoms with Crippen LogP contribution in [0.5, 0.6) is 5.75 Å². The largest absolute Gasteiger partial charge is 0.507 e. The van der Waals surface area contributed by atoms with Gasteiger partial charge in [-0.1, -0.05) is 24.3 Å². The molecular formula is C17H15N3O4. The number of phenols is 1. The summed E-state index contributed by atoms with van der Waals surface area (Å²) in [5.41, 5.74) is 3.34. The van der Waals surface area contributed by atoms with Gasteiger partial charge in [-0.3, -0.25) is 14.9 Å². The van der Waals surface area contributed by atoms with Crippen molar-refractivity contribution >= 4 is 17.8 Å². The number of nitrogens with one attached hydrogen (secondary N) is 1. The fourth-order valence-corrected chi connectivity index (χ4v) is 2.02. The van der Waals surface area contributed by atoms with Gasteiger partial charge in [0.2, 0.25) is 0 Å². The molecule has 0 saturated heterocycles. The first-order valence-electron chi connectivity index (χ1n) is 7.02. The summed E-state index contributed by atoms with van der Waals surface area (Å²) in [5.74, 6) is -0.526. The van der Waals surface area contributed by atoms with Crippen LogP contribution in [0.15, 0.2) is 60.2 Å². The Hall–Kier alpha value is -3.48. The maximum absolute atomic E-state index is 11.9. The zero-order chi connectivity index (χ0) is 17.5. The lowest BCUT2D eigenvalue weighted by molar-refractivity contribution is -0.384. The second-order valence-corrected chi connectivity index (χ2v) is 4.85. The van der Waals surface area contributed by atoms with Crippen LogP contribution in [0.25, 0.3) is 0 Å². The minimum atomic E-state index is -0.586. The number of hydrogen-bond acceptors (Lipinski definition) is 5. The summed E-state index contributed by atoms with van der Waals surface area (Å²) >= 11 is 0. The molecule has 0 aliphatic heterocycles. The second kappa shape index (κ2) is 7.68. The number of para-hydroxylation sites is 1. The summed E-state index contributed by atoms with van der Waals surface area (Å²) in [7, 11) is 0. The zero-order valence-corrected chi connectivity index (χ0v) is 12.7. The van der Waals surface area contributed by atoms with Gasteiger partial charge in [0.15, 0.2) is 0 Å². The predicted octanol–water partition coefficient (Wildman–Crippen LogP) is 2.79. The molecule has 0 fully saturated rings. The van der Waals surface area contributed by atoms with Gasteiger partial charge in [0, 0.05) is 23.3 Å². The number of nitro benzene ring substituents is 1. The average Bonchev–Trinajstić information content (AvgIpc) is 2.58. The summed E-state index contributed by atoms with van der Waals surface area (Å²) in [5, 5.41) is 24.6. The van der Waals surface area contributed by atoms with Gasteiger partial charge < -0.3 is 5.11 Å². The van der Waals surface area contributed by atoms with Crippen molar-refractivity contribution in [3.05, 3.63) is 81.9 Å². The third-order valence-corrected chi connectivity index (χ3v) is 3.20. The normalized spacial score (nSPS) is 10.5. The van der Waals surface area contributed by atoms with Crippen molar-refractivity contribution in [2.75, 3.05) is 0 Å². The number of allylic oxidation sites excluding steroid dienone is 1. The third-order valence-electron chi connectivity index (χ3n) is 3.20. The Kier molecular flexibility index (Phi) is 5.40. The molecule has 0 aromatic heterocycles. The standard InChI is InChI=1S/C17H15N3O4/c1-2-5-12-6-3-8-14(16(12)21)11-18-19-17(22)13-7-4-9-15(10-13)20(23)24/h2-4,6-11,21H,1,5H2,(H,19,22)/b18-11-. The number of benzene rings is 2. The second-order valence-electron chi connectivity index (χ2n) is 4.85. The van der Waals surface area contributed by atoms with E-state index >= 15 is 0 Å². The fraction of sp³-hybridized carbons (Fsp3) is 0.0588. The maximum Gasteiger partial charge on any atom is 0.271 e. The number of hydrazone groups is 1. The monoisotopic (exact) mass is 325 g/mol. The van der Waals surface area contributed by atoms with Crippen LogP contribution < -0.4 is 5.43 Å². The molecule has 122 valence electrons. The lowest BCUT2D eigenvalue weighted by atomic mass is 10.1. The smallest absolute Gasteiger partial charge is 0.271 e. The molecule has 0 atom stereocenters. The van der Waals surface area contributed by atoms with Crippen LogP contribution in [0.2, 0.25) is 0 Å². The molecule has 1 amide bonds. The Balaban J connectivity index is 2.10. The van der Waals surface area contributed by atoms with E-state index in [0.717, 1.165) is 6.07 Å². The van der Waals surface area contributed by atoms with Gasteiger partial charge in [0.1, 0.15) is 5.75 Å². The highest BCUT2D eigenvalue weighted by Gasteiger charge is 2.10. The van der Waals surface area contributed by atoms with E-state index in [0.29, 0.717) is 17.5 Å². The Morgan fingerprint density at radius 1 is 1.33 bits per heavy atom. The number of phenolic OH excluding ortho intramolecular Hbond substituents is 1. The van der Waals surface area contributed by atoms with Gasteiger partial charge in [-0.2, -0.15) is 5.10 Å². The van der Waals surface area contributed by atoms with Crippen LogP contribution in [0.3, 0.4) is 0 Å². The zero-order valence-electron chi connectivity index (χ0n) is 12.7. The molecule has 0 unspecified atom stereocenters. The number of nitrogens with zero attached hydrogens (tertiary/aromatic N) is 2. The third kappa shape index (κ3) is 4.04. The number of carbonyl (C=O) groups is 1. The number of non-ortho nitro benzene ring substituents is 1. The van der Waals surface area contributed by atoms with Crippen molar-refractivity contribution in [1.82, 2.24) is 5.43 Å². The Bertz CT molecular complexity index is 815. The first-order valence-corrected chi connectivity index (χ1v) is 7.02. The molecular weight excluding hydrogens is 310 g/mol. The topological polar surface area (TPSA) is 105 Å². The van der Waals surface area contributed by atoms with Crippen LogP contribution in [-0.2, 0) is 6.42 Å². The van der Waals surface area contributed by atoms with E-state index in [1.807, 2.05) is 0 Å². The highest BCUT2D eigenvalue weighted by atomic mass is 16.6.